The molecular weight excluding hydrogens is 386 g/mol. The van der Waals surface area contributed by atoms with Crippen LogP contribution in [0.5, 0.6) is 0 Å². The molecule has 2 heterocycles. The lowest BCUT2D eigenvalue weighted by Gasteiger charge is -2.23. The Balaban J connectivity index is 1.72. The number of pyridine rings is 2. The summed E-state index contributed by atoms with van der Waals surface area (Å²) in [5, 5.41) is 3.14. The number of carbonyl (C=O) groups excluding carboxylic acids is 1. The third-order valence-electron chi connectivity index (χ3n) is 6.44. The molecule has 1 aromatic carbocycles. The maximum Gasteiger partial charge on any atom is 0.257 e. The van der Waals surface area contributed by atoms with E-state index in [4.69, 9.17) is 0 Å². The van der Waals surface area contributed by atoms with Gasteiger partial charge in [0.05, 0.1) is 6.04 Å². The Bertz CT molecular complexity index is 1060. The molecule has 1 N–H and O–H groups in total. The van der Waals surface area contributed by atoms with Crippen LogP contribution in [-0.2, 0) is 13.5 Å². The van der Waals surface area contributed by atoms with Crippen molar-refractivity contribution in [2.75, 3.05) is 0 Å². The number of carbonyl (C=O) groups is 1. The summed E-state index contributed by atoms with van der Waals surface area (Å²) in [6, 6.07) is 14.8. The predicted octanol–water partition coefficient (Wildman–Crippen LogP) is 4.34. The van der Waals surface area contributed by atoms with E-state index < -0.39 is 0 Å². The topological polar surface area (TPSA) is 64.0 Å². The van der Waals surface area contributed by atoms with Crippen LogP contribution in [0.2, 0.25) is 0 Å². The molecule has 0 radical (unpaired) electrons. The lowest BCUT2D eigenvalue weighted by Crippen LogP contribution is -2.35. The van der Waals surface area contributed by atoms with E-state index in [0.29, 0.717) is 5.92 Å². The average Bonchev–Trinajstić information content (AvgIpc) is 3.30. The molecule has 1 aliphatic rings. The van der Waals surface area contributed by atoms with Crippen molar-refractivity contribution in [3.63, 3.8) is 0 Å². The third kappa shape index (κ3) is 4.61. The number of aromatic nitrogens is 2. The molecule has 1 fully saturated rings. The van der Waals surface area contributed by atoms with E-state index in [2.05, 4.69) is 10.3 Å². The quantitative estimate of drug-likeness (QED) is 0.651. The molecule has 4 rings (SSSR count). The van der Waals surface area contributed by atoms with Crippen LogP contribution in [0.1, 0.15) is 64.6 Å². The second kappa shape index (κ2) is 9.29. The van der Waals surface area contributed by atoms with E-state index in [1.807, 2.05) is 61.0 Å². The molecule has 160 valence electrons. The van der Waals surface area contributed by atoms with Crippen LogP contribution < -0.4 is 10.7 Å². The van der Waals surface area contributed by atoms with E-state index in [1.165, 1.54) is 12.8 Å². The zero-order valence-corrected chi connectivity index (χ0v) is 18.2. The second-order valence-electron chi connectivity index (χ2n) is 8.48. The number of nitrogens with one attached hydrogen (secondary N) is 1. The number of benzene rings is 1. The van der Waals surface area contributed by atoms with Crippen molar-refractivity contribution in [2.45, 2.75) is 45.1 Å². The molecule has 3 aromatic rings. The first-order valence-corrected chi connectivity index (χ1v) is 11.0. The highest BCUT2D eigenvalue weighted by Crippen LogP contribution is 2.29. The highest BCUT2D eigenvalue weighted by molar-refractivity contribution is 5.95. The smallest absolute Gasteiger partial charge is 0.257 e. The fourth-order valence-electron chi connectivity index (χ4n) is 4.62. The minimum atomic E-state index is -0.359. The van der Waals surface area contributed by atoms with Crippen LogP contribution in [0.25, 0.3) is 0 Å². The summed E-state index contributed by atoms with van der Waals surface area (Å²) in [6.45, 7) is 1.92. The number of rotatable bonds is 6. The number of hydrogen-bond acceptors (Lipinski definition) is 3. The number of aryl methyl sites for hydroxylation is 1. The molecule has 1 aliphatic carbocycles. The van der Waals surface area contributed by atoms with Gasteiger partial charge in [-0.1, -0.05) is 56.0 Å². The Morgan fingerprint density at radius 1 is 1.10 bits per heavy atom. The van der Waals surface area contributed by atoms with Crippen molar-refractivity contribution < 1.29 is 4.79 Å². The predicted molar refractivity (Wildman–Crippen MR) is 122 cm³/mol. The van der Waals surface area contributed by atoms with Gasteiger partial charge in [0.15, 0.2) is 5.43 Å². The summed E-state index contributed by atoms with van der Waals surface area (Å²) < 4.78 is 2.01. The molecule has 5 heteroatoms. The summed E-state index contributed by atoms with van der Waals surface area (Å²) in [6.07, 6.45) is 8.97. The van der Waals surface area contributed by atoms with Crippen molar-refractivity contribution in [2.24, 2.45) is 13.0 Å². The normalized spacial score (nSPS) is 15.0. The van der Waals surface area contributed by atoms with Gasteiger partial charge in [0.25, 0.3) is 5.91 Å². The molecule has 1 atom stereocenters. The van der Waals surface area contributed by atoms with Gasteiger partial charge in [0, 0.05) is 36.9 Å². The minimum absolute atomic E-state index is 0.206. The first-order chi connectivity index (χ1) is 15.0. The van der Waals surface area contributed by atoms with E-state index in [0.717, 1.165) is 41.8 Å². The summed E-state index contributed by atoms with van der Waals surface area (Å²) in [5.41, 5.74) is 3.68. The van der Waals surface area contributed by atoms with E-state index in [9.17, 15) is 9.59 Å². The van der Waals surface area contributed by atoms with Crippen molar-refractivity contribution in [1.82, 2.24) is 14.9 Å². The maximum atomic E-state index is 13.5. The standard InChI is InChI=1S/C26H29N3O2/c1-18-16-23(30)24(22(29(18)2)17-19-8-6-7-9-19)26(31)28-25(20-10-4-3-5-11-20)21-12-14-27-15-13-21/h3-5,10-16,19,25H,6-9,17H2,1-2H3,(H,28,31)/t25-/m1/s1. The van der Waals surface area contributed by atoms with Gasteiger partial charge in [-0.05, 0) is 42.5 Å². The first-order valence-electron chi connectivity index (χ1n) is 11.0. The molecule has 31 heavy (non-hydrogen) atoms. The van der Waals surface area contributed by atoms with E-state index in [1.54, 1.807) is 18.5 Å². The van der Waals surface area contributed by atoms with Crippen LogP contribution in [-0.4, -0.2) is 15.5 Å². The Kier molecular flexibility index (Phi) is 6.31. The molecule has 1 saturated carbocycles. The molecule has 0 spiro atoms. The second-order valence-corrected chi connectivity index (χ2v) is 8.48. The minimum Gasteiger partial charge on any atom is -0.351 e. The Hall–Kier alpha value is -3.21. The maximum absolute atomic E-state index is 13.5. The van der Waals surface area contributed by atoms with Gasteiger partial charge in [-0.2, -0.15) is 0 Å². The molecule has 0 unspecified atom stereocenters. The molecule has 1 amide bonds. The zero-order valence-electron chi connectivity index (χ0n) is 18.2. The van der Waals surface area contributed by atoms with Gasteiger partial charge in [0.1, 0.15) is 5.56 Å². The van der Waals surface area contributed by atoms with E-state index >= 15 is 0 Å². The largest absolute Gasteiger partial charge is 0.351 e. The van der Waals surface area contributed by atoms with Crippen LogP contribution in [0, 0.1) is 12.8 Å². The SMILES string of the molecule is Cc1cc(=O)c(C(=O)N[C@H](c2ccccc2)c2ccncc2)c(CC2CCCC2)n1C. The molecule has 0 bridgehead atoms. The highest BCUT2D eigenvalue weighted by atomic mass is 16.2. The first kappa shape index (κ1) is 21.0. The van der Waals surface area contributed by atoms with Crippen molar-refractivity contribution in [3.8, 4) is 0 Å². The van der Waals surface area contributed by atoms with Crippen molar-refractivity contribution in [1.29, 1.82) is 0 Å². The van der Waals surface area contributed by atoms with Gasteiger partial charge >= 0.3 is 0 Å². The van der Waals surface area contributed by atoms with Crippen LogP contribution in [0.15, 0.2) is 65.7 Å². The van der Waals surface area contributed by atoms with Crippen LogP contribution in [0.3, 0.4) is 0 Å². The van der Waals surface area contributed by atoms with Gasteiger partial charge < -0.3 is 9.88 Å². The molecule has 5 nitrogen and oxygen atoms in total. The fourth-order valence-corrected chi connectivity index (χ4v) is 4.62. The molecule has 2 aromatic heterocycles. The third-order valence-corrected chi connectivity index (χ3v) is 6.44. The number of amides is 1. The lowest BCUT2D eigenvalue weighted by atomic mass is 9.96. The van der Waals surface area contributed by atoms with Gasteiger partial charge in [0.2, 0.25) is 0 Å². The summed E-state index contributed by atoms with van der Waals surface area (Å²) in [5.74, 6) is 0.211. The van der Waals surface area contributed by atoms with Crippen molar-refractivity contribution >= 4 is 5.91 Å². The molecular formula is C26H29N3O2. The monoisotopic (exact) mass is 415 g/mol. The Morgan fingerprint density at radius 3 is 2.42 bits per heavy atom. The van der Waals surface area contributed by atoms with Gasteiger partial charge in [-0.15, -0.1) is 0 Å². The molecule has 0 saturated heterocycles. The molecule has 0 aliphatic heterocycles. The van der Waals surface area contributed by atoms with Crippen LogP contribution in [0.4, 0.5) is 0 Å². The van der Waals surface area contributed by atoms with E-state index in [-0.39, 0.29) is 22.9 Å². The van der Waals surface area contributed by atoms with Gasteiger partial charge in [-0.3, -0.25) is 14.6 Å². The van der Waals surface area contributed by atoms with Gasteiger partial charge in [-0.25, -0.2) is 0 Å². The van der Waals surface area contributed by atoms with Crippen LogP contribution >= 0.6 is 0 Å². The Morgan fingerprint density at radius 2 is 1.74 bits per heavy atom. The Labute approximate surface area is 183 Å². The summed E-state index contributed by atoms with van der Waals surface area (Å²) >= 11 is 0. The highest BCUT2D eigenvalue weighted by Gasteiger charge is 2.26. The average molecular weight is 416 g/mol. The lowest BCUT2D eigenvalue weighted by molar-refractivity contribution is 0.0939. The summed E-state index contributed by atoms with van der Waals surface area (Å²) in [4.78, 5) is 30.6. The number of hydrogen-bond donors (Lipinski definition) is 1. The summed E-state index contributed by atoms with van der Waals surface area (Å²) in [7, 11) is 1.95. The number of nitrogens with zero attached hydrogens (tertiary/aromatic N) is 2. The zero-order chi connectivity index (χ0) is 21.8. The fraction of sp³-hybridized carbons (Fsp3) is 0.346. The van der Waals surface area contributed by atoms with Crippen molar-refractivity contribution in [3.05, 3.63) is 99.2 Å².